The summed E-state index contributed by atoms with van der Waals surface area (Å²) in [5.74, 6) is -1.66. The lowest BCUT2D eigenvalue weighted by atomic mass is 10.2. The van der Waals surface area contributed by atoms with Gasteiger partial charge in [-0.15, -0.1) is 5.10 Å². The number of nitrogens with one attached hydrogen (secondary N) is 1. The van der Waals surface area contributed by atoms with Gasteiger partial charge in [-0.05, 0) is 27.6 Å². The molecule has 2 rings (SSSR count). The van der Waals surface area contributed by atoms with Crippen molar-refractivity contribution in [2.24, 2.45) is 4.99 Å². The highest BCUT2D eigenvalue weighted by Crippen LogP contribution is 2.25. The van der Waals surface area contributed by atoms with Crippen LogP contribution in [-0.4, -0.2) is 37.4 Å². The molecule has 0 atom stereocenters. The Hall–Kier alpha value is -2.62. The van der Waals surface area contributed by atoms with Crippen LogP contribution >= 0.6 is 15.9 Å². The maximum absolute atomic E-state index is 10.8. The molecule has 0 radical (unpaired) electrons. The smallest absolute Gasteiger partial charge is 0.373 e. The fourth-order valence-electron chi connectivity index (χ4n) is 1.29. The molecule has 1 heterocycles. The average molecular weight is 340 g/mol. The molecule has 0 spiro atoms. The SMILES string of the molecule is O=C(O)c1nc(N=Cc2ccc(Br)c([N+](=O)[O-])c2)n[nH]1. The van der Waals surface area contributed by atoms with E-state index in [2.05, 4.69) is 36.1 Å². The van der Waals surface area contributed by atoms with Gasteiger partial charge in [-0.3, -0.25) is 15.2 Å². The summed E-state index contributed by atoms with van der Waals surface area (Å²) in [4.78, 5) is 28.2. The van der Waals surface area contributed by atoms with Crippen molar-refractivity contribution in [3.63, 3.8) is 0 Å². The van der Waals surface area contributed by atoms with Gasteiger partial charge in [0.25, 0.3) is 11.6 Å². The Kier molecular flexibility index (Phi) is 3.84. The zero-order valence-electron chi connectivity index (χ0n) is 9.65. The van der Waals surface area contributed by atoms with Crippen molar-refractivity contribution >= 4 is 39.7 Å². The van der Waals surface area contributed by atoms with E-state index in [1.54, 1.807) is 6.07 Å². The third-order valence-electron chi connectivity index (χ3n) is 2.17. The number of aliphatic imine (C=N–C) groups is 1. The van der Waals surface area contributed by atoms with Crippen molar-refractivity contribution in [1.82, 2.24) is 15.2 Å². The van der Waals surface area contributed by atoms with Gasteiger partial charge < -0.3 is 5.11 Å². The molecule has 0 aliphatic carbocycles. The summed E-state index contributed by atoms with van der Waals surface area (Å²) in [5.41, 5.74) is 0.358. The Labute approximate surface area is 119 Å². The molecule has 2 aromatic rings. The summed E-state index contributed by atoms with van der Waals surface area (Å²) < 4.78 is 0.353. The second-order valence-corrected chi connectivity index (χ2v) is 4.37. The molecule has 10 heteroatoms. The molecular formula is C10H6BrN5O4. The van der Waals surface area contributed by atoms with E-state index < -0.39 is 10.9 Å². The maximum Gasteiger partial charge on any atom is 0.373 e. The highest BCUT2D eigenvalue weighted by Gasteiger charge is 2.12. The Balaban J connectivity index is 2.24. The molecule has 0 fully saturated rings. The standard InChI is InChI=1S/C10H6BrN5O4/c11-6-2-1-5(3-7(6)16(19)20)4-12-10-13-8(9(17)18)14-15-10/h1-4H,(H,17,18)(H,13,14,15). The number of carboxylic acid groups (broad SMARTS) is 1. The summed E-state index contributed by atoms with van der Waals surface area (Å²) in [5, 5.41) is 25.2. The fourth-order valence-corrected chi connectivity index (χ4v) is 1.68. The van der Waals surface area contributed by atoms with Gasteiger partial charge in [-0.25, -0.2) is 9.79 Å². The van der Waals surface area contributed by atoms with Crippen LogP contribution in [0.4, 0.5) is 11.6 Å². The molecule has 0 unspecified atom stereocenters. The number of nitro groups is 1. The third-order valence-corrected chi connectivity index (χ3v) is 2.84. The van der Waals surface area contributed by atoms with E-state index in [0.29, 0.717) is 10.0 Å². The lowest BCUT2D eigenvalue weighted by molar-refractivity contribution is -0.385. The van der Waals surface area contributed by atoms with Crippen molar-refractivity contribution in [2.45, 2.75) is 0 Å². The Morgan fingerprint density at radius 1 is 1.55 bits per heavy atom. The number of aromatic carboxylic acids is 1. The summed E-state index contributed by atoms with van der Waals surface area (Å²) in [6.45, 7) is 0. The van der Waals surface area contributed by atoms with Crippen LogP contribution in [0.5, 0.6) is 0 Å². The largest absolute Gasteiger partial charge is 0.475 e. The van der Waals surface area contributed by atoms with Gasteiger partial charge in [0.1, 0.15) is 0 Å². The molecule has 0 saturated carbocycles. The molecule has 102 valence electrons. The summed E-state index contributed by atoms with van der Waals surface area (Å²) in [7, 11) is 0. The first kappa shape index (κ1) is 13.8. The van der Waals surface area contributed by atoms with Crippen molar-refractivity contribution in [3.8, 4) is 0 Å². The van der Waals surface area contributed by atoms with Crippen LogP contribution in [0.2, 0.25) is 0 Å². The van der Waals surface area contributed by atoms with Crippen LogP contribution in [0.15, 0.2) is 27.7 Å². The van der Waals surface area contributed by atoms with Gasteiger partial charge in [-0.2, -0.15) is 4.98 Å². The van der Waals surface area contributed by atoms with Crippen molar-refractivity contribution in [2.75, 3.05) is 0 Å². The first-order chi connectivity index (χ1) is 9.47. The molecule has 0 amide bonds. The van der Waals surface area contributed by atoms with Gasteiger partial charge in [0.2, 0.25) is 5.82 Å². The quantitative estimate of drug-likeness (QED) is 0.496. The van der Waals surface area contributed by atoms with E-state index in [1.807, 2.05) is 0 Å². The van der Waals surface area contributed by atoms with Crippen molar-refractivity contribution < 1.29 is 14.8 Å². The maximum atomic E-state index is 10.8. The van der Waals surface area contributed by atoms with Crippen LogP contribution in [0, 0.1) is 10.1 Å². The van der Waals surface area contributed by atoms with Gasteiger partial charge in [-0.1, -0.05) is 6.07 Å². The van der Waals surface area contributed by atoms with Crippen LogP contribution in [0.1, 0.15) is 16.2 Å². The van der Waals surface area contributed by atoms with E-state index in [-0.39, 0.29) is 17.5 Å². The minimum absolute atomic E-state index is 0.0760. The summed E-state index contributed by atoms with van der Waals surface area (Å²) in [6.07, 6.45) is 1.30. The van der Waals surface area contributed by atoms with Crippen LogP contribution in [0.3, 0.4) is 0 Å². The monoisotopic (exact) mass is 339 g/mol. The highest BCUT2D eigenvalue weighted by molar-refractivity contribution is 9.10. The average Bonchev–Trinajstić information content (AvgIpc) is 2.86. The number of halogens is 1. The first-order valence-electron chi connectivity index (χ1n) is 5.11. The Bertz CT molecular complexity index is 711. The molecule has 0 bridgehead atoms. The number of nitrogens with zero attached hydrogens (tertiary/aromatic N) is 4. The zero-order valence-corrected chi connectivity index (χ0v) is 11.2. The van der Waals surface area contributed by atoms with Crippen molar-refractivity contribution in [1.29, 1.82) is 0 Å². The second kappa shape index (κ2) is 5.57. The van der Waals surface area contributed by atoms with E-state index in [0.717, 1.165) is 0 Å². The summed E-state index contributed by atoms with van der Waals surface area (Å²) in [6, 6.07) is 4.43. The Morgan fingerprint density at radius 2 is 2.30 bits per heavy atom. The molecule has 0 aliphatic heterocycles. The van der Waals surface area contributed by atoms with Crippen LogP contribution < -0.4 is 0 Å². The lowest BCUT2D eigenvalue weighted by Gasteiger charge is -1.96. The predicted molar refractivity (Wildman–Crippen MR) is 71.4 cm³/mol. The number of hydrogen-bond acceptors (Lipinski definition) is 6. The van der Waals surface area contributed by atoms with E-state index >= 15 is 0 Å². The molecular weight excluding hydrogens is 334 g/mol. The fraction of sp³-hybridized carbons (Fsp3) is 0. The lowest BCUT2D eigenvalue weighted by Crippen LogP contribution is -1.98. The molecule has 1 aromatic heterocycles. The van der Waals surface area contributed by atoms with E-state index in [4.69, 9.17) is 5.11 Å². The number of carbonyl (C=O) groups is 1. The minimum atomic E-state index is -1.25. The molecule has 0 saturated heterocycles. The number of rotatable bonds is 4. The van der Waals surface area contributed by atoms with E-state index in [9.17, 15) is 14.9 Å². The molecule has 20 heavy (non-hydrogen) atoms. The number of H-pyrrole nitrogens is 1. The number of nitro benzene ring substituents is 1. The van der Waals surface area contributed by atoms with Crippen LogP contribution in [0.25, 0.3) is 0 Å². The van der Waals surface area contributed by atoms with Crippen molar-refractivity contribution in [3.05, 3.63) is 44.2 Å². The van der Waals surface area contributed by atoms with Gasteiger partial charge in [0.15, 0.2) is 0 Å². The molecule has 2 N–H and O–H groups in total. The Morgan fingerprint density at radius 3 is 2.90 bits per heavy atom. The number of hydrogen-bond donors (Lipinski definition) is 2. The van der Waals surface area contributed by atoms with Gasteiger partial charge >= 0.3 is 5.97 Å². The third kappa shape index (κ3) is 3.03. The van der Waals surface area contributed by atoms with Gasteiger partial charge in [0.05, 0.1) is 9.40 Å². The van der Waals surface area contributed by atoms with Crippen LogP contribution in [-0.2, 0) is 0 Å². The number of aromatic amines is 1. The summed E-state index contributed by atoms with van der Waals surface area (Å²) >= 11 is 3.07. The normalized spacial score (nSPS) is 10.8. The van der Waals surface area contributed by atoms with E-state index in [1.165, 1.54) is 18.3 Å². The highest BCUT2D eigenvalue weighted by atomic mass is 79.9. The number of benzene rings is 1. The zero-order chi connectivity index (χ0) is 14.7. The second-order valence-electron chi connectivity index (χ2n) is 3.52. The van der Waals surface area contributed by atoms with Gasteiger partial charge in [0, 0.05) is 12.3 Å². The number of carboxylic acids is 1. The molecule has 1 aromatic carbocycles. The topological polar surface area (TPSA) is 134 Å². The molecule has 9 nitrogen and oxygen atoms in total. The number of aromatic nitrogens is 3. The predicted octanol–water partition coefficient (Wildman–Crippen LogP) is 1.92. The minimum Gasteiger partial charge on any atom is -0.475 e. The first-order valence-corrected chi connectivity index (χ1v) is 5.90. The molecule has 0 aliphatic rings.